The highest BCUT2D eigenvalue weighted by Crippen LogP contribution is 2.21. The van der Waals surface area contributed by atoms with Gasteiger partial charge in [0.2, 0.25) is 11.8 Å². The van der Waals surface area contributed by atoms with Gasteiger partial charge in [-0.25, -0.2) is 0 Å². The third kappa shape index (κ3) is 3.31. The standard InChI is InChI=1S/C16H22N4O/c1-12-5-7-13(8-6-12)16-19-18-15(21-16)11-20-9-3-2-4-14(20)10-17/h5-8,14H,2-4,9-11,17H2,1H3. The van der Waals surface area contributed by atoms with Gasteiger partial charge in [-0.2, -0.15) is 0 Å². The third-order valence-electron chi connectivity index (χ3n) is 4.12. The maximum atomic E-state index is 5.85. The van der Waals surface area contributed by atoms with Crippen LogP contribution in [0.2, 0.25) is 0 Å². The number of piperidine rings is 1. The normalized spacial score (nSPS) is 19.8. The minimum atomic E-state index is 0.438. The van der Waals surface area contributed by atoms with Crippen LogP contribution in [0.5, 0.6) is 0 Å². The quantitative estimate of drug-likeness (QED) is 0.934. The molecule has 1 fully saturated rings. The van der Waals surface area contributed by atoms with Crippen molar-refractivity contribution in [2.24, 2.45) is 5.73 Å². The lowest BCUT2D eigenvalue weighted by molar-refractivity contribution is 0.132. The number of nitrogens with two attached hydrogens (primary N) is 1. The zero-order chi connectivity index (χ0) is 14.7. The van der Waals surface area contributed by atoms with E-state index in [0.29, 0.717) is 30.9 Å². The molecule has 0 spiro atoms. The molecule has 3 rings (SSSR count). The summed E-state index contributed by atoms with van der Waals surface area (Å²) in [6.07, 6.45) is 3.64. The molecule has 112 valence electrons. The van der Waals surface area contributed by atoms with Crippen LogP contribution in [0, 0.1) is 6.92 Å². The SMILES string of the molecule is Cc1ccc(-c2nnc(CN3CCCCC3CN)o2)cc1. The van der Waals surface area contributed by atoms with E-state index in [-0.39, 0.29) is 0 Å². The van der Waals surface area contributed by atoms with E-state index < -0.39 is 0 Å². The molecule has 1 aliphatic heterocycles. The molecule has 2 heterocycles. The molecule has 2 N–H and O–H groups in total. The first-order valence-corrected chi connectivity index (χ1v) is 7.60. The van der Waals surface area contributed by atoms with Crippen LogP contribution in [0.4, 0.5) is 0 Å². The molecule has 0 aliphatic carbocycles. The van der Waals surface area contributed by atoms with Gasteiger partial charge in [-0.15, -0.1) is 10.2 Å². The molecule has 1 saturated heterocycles. The zero-order valence-corrected chi connectivity index (χ0v) is 12.5. The van der Waals surface area contributed by atoms with Crippen LogP contribution < -0.4 is 5.73 Å². The highest BCUT2D eigenvalue weighted by molar-refractivity contribution is 5.52. The Kier molecular flexibility index (Phi) is 4.31. The van der Waals surface area contributed by atoms with Gasteiger partial charge < -0.3 is 10.2 Å². The van der Waals surface area contributed by atoms with Crippen molar-refractivity contribution in [3.63, 3.8) is 0 Å². The van der Waals surface area contributed by atoms with Crippen molar-refractivity contribution in [1.82, 2.24) is 15.1 Å². The Balaban J connectivity index is 1.71. The van der Waals surface area contributed by atoms with Crippen molar-refractivity contribution in [2.75, 3.05) is 13.1 Å². The van der Waals surface area contributed by atoms with Gasteiger partial charge in [-0.3, -0.25) is 4.90 Å². The van der Waals surface area contributed by atoms with Crippen LogP contribution in [-0.2, 0) is 6.54 Å². The average Bonchev–Trinajstić information content (AvgIpc) is 2.97. The minimum absolute atomic E-state index is 0.438. The second-order valence-corrected chi connectivity index (χ2v) is 5.72. The second kappa shape index (κ2) is 6.37. The summed E-state index contributed by atoms with van der Waals surface area (Å²) < 4.78 is 5.80. The maximum absolute atomic E-state index is 5.85. The number of likely N-dealkylation sites (tertiary alicyclic amines) is 1. The Bertz CT molecular complexity index is 578. The molecule has 1 unspecified atom stereocenters. The summed E-state index contributed by atoms with van der Waals surface area (Å²) in [5, 5.41) is 8.34. The summed E-state index contributed by atoms with van der Waals surface area (Å²) in [7, 11) is 0. The van der Waals surface area contributed by atoms with Crippen LogP contribution in [-0.4, -0.2) is 34.2 Å². The van der Waals surface area contributed by atoms with Gasteiger partial charge in [-0.1, -0.05) is 24.1 Å². The predicted octanol–water partition coefficient (Wildman–Crippen LogP) is 2.36. The summed E-state index contributed by atoms with van der Waals surface area (Å²) in [5.74, 6) is 1.26. The van der Waals surface area contributed by atoms with E-state index in [2.05, 4.69) is 22.0 Å². The van der Waals surface area contributed by atoms with Gasteiger partial charge in [0.1, 0.15) is 0 Å². The zero-order valence-electron chi connectivity index (χ0n) is 12.5. The molecule has 0 amide bonds. The molecule has 0 radical (unpaired) electrons. The van der Waals surface area contributed by atoms with E-state index in [4.69, 9.17) is 10.2 Å². The fourth-order valence-electron chi connectivity index (χ4n) is 2.84. The number of nitrogens with zero attached hydrogens (tertiary/aromatic N) is 3. The fourth-order valence-corrected chi connectivity index (χ4v) is 2.84. The van der Waals surface area contributed by atoms with Crippen LogP contribution in [0.3, 0.4) is 0 Å². The molecule has 5 nitrogen and oxygen atoms in total. The van der Waals surface area contributed by atoms with E-state index in [1.165, 1.54) is 18.4 Å². The Morgan fingerprint density at radius 2 is 2.05 bits per heavy atom. The molecule has 1 aromatic carbocycles. The highest BCUT2D eigenvalue weighted by Gasteiger charge is 2.23. The predicted molar refractivity (Wildman–Crippen MR) is 81.6 cm³/mol. The molecule has 2 aromatic rings. The van der Waals surface area contributed by atoms with E-state index in [9.17, 15) is 0 Å². The number of aromatic nitrogens is 2. The lowest BCUT2D eigenvalue weighted by atomic mass is 10.0. The topological polar surface area (TPSA) is 68.2 Å². The summed E-state index contributed by atoms with van der Waals surface area (Å²) in [4.78, 5) is 2.36. The lowest BCUT2D eigenvalue weighted by Gasteiger charge is -2.33. The number of hydrogen-bond acceptors (Lipinski definition) is 5. The van der Waals surface area contributed by atoms with Crippen LogP contribution in [0.15, 0.2) is 28.7 Å². The van der Waals surface area contributed by atoms with Gasteiger partial charge in [-0.05, 0) is 38.4 Å². The minimum Gasteiger partial charge on any atom is -0.419 e. The molecule has 1 aromatic heterocycles. The van der Waals surface area contributed by atoms with Gasteiger partial charge in [0, 0.05) is 18.2 Å². The fraction of sp³-hybridized carbons (Fsp3) is 0.500. The first kappa shape index (κ1) is 14.2. The molecular weight excluding hydrogens is 264 g/mol. The van der Waals surface area contributed by atoms with Crippen LogP contribution in [0.25, 0.3) is 11.5 Å². The van der Waals surface area contributed by atoms with Crippen molar-refractivity contribution in [3.05, 3.63) is 35.7 Å². The van der Waals surface area contributed by atoms with Crippen molar-refractivity contribution in [2.45, 2.75) is 38.8 Å². The maximum Gasteiger partial charge on any atom is 0.247 e. The molecule has 5 heteroatoms. The van der Waals surface area contributed by atoms with E-state index >= 15 is 0 Å². The number of benzene rings is 1. The van der Waals surface area contributed by atoms with E-state index in [1.807, 2.05) is 24.3 Å². The van der Waals surface area contributed by atoms with Gasteiger partial charge in [0.15, 0.2) is 0 Å². The van der Waals surface area contributed by atoms with Gasteiger partial charge in [0.25, 0.3) is 0 Å². The number of rotatable bonds is 4. The van der Waals surface area contributed by atoms with Crippen molar-refractivity contribution >= 4 is 0 Å². The smallest absolute Gasteiger partial charge is 0.247 e. The Hall–Kier alpha value is -1.72. The third-order valence-corrected chi connectivity index (χ3v) is 4.12. The molecular formula is C16H22N4O. The molecule has 1 aliphatic rings. The van der Waals surface area contributed by atoms with Crippen molar-refractivity contribution < 1.29 is 4.42 Å². The Morgan fingerprint density at radius 3 is 2.81 bits per heavy atom. The van der Waals surface area contributed by atoms with Crippen LogP contribution >= 0.6 is 0 Å². The van der Waals surface area contributed by atoms with E-state index in [1.54, 1.807) is 0 Å². The summed E-state index contributed by atoms with van der Waals surface area (Å²) in [5.41, 5.74) is 8.04. The Labute approximate surface area is 125 Å². The summed E-state index contributed by atoms with van der Waals surface area (Å²) in [6, 6.07) is 8.56. The molecule has 1 atom stereocenters. The van der Waals surface area contributed by atoms with Gasteiger partial charge in [0.05, 0.1) is 6.54 Å². The summed E-state index contributed by atoms with van der Waals surface area (Å²) in [6.45, 7) is 4.51. The first-order valence-electron chi connectivity index (χ1n) is 7.60. The average molecular weight is 286 g/mol. The van der Waals surface area contributed by atoms with Gasteiger partial charge >= 0.3 is 0 Å². The second-order valence-electron chi connectivity index (χ2n) is 5.72. The number of aryl methyl sites for hydroxylation is 1. The molecule has 21 heavy (non-hydrogen) atoms. The molecule has 0 saturated carbocycles. The number of hydrogen-bond donors (Lipinski definition) is 1. The Morgan fingerprint density at radius 1 is 1.24 bits per heavy atom. The monoisotopic (exact) mass is 286 g/mol. The summed E-state index contributed by atoms with van der Waals surface area (Å²) >= 11 is 0. The van der Waals surface area contributed by atoms with Crippen LogP contribution in [0.1, 0.15) is 30.7 Å². The van der Waals surface area contributed by atoms with Crippen molar-refractivity contribution in [1.29, 1.82) is 0 Å². The molecule has 0 bridgehead atoms. The van der Waals surface area contributed by atoms with E-state index in [0.717, 1.165) is 18.5 Å². The largest absolute Gasteiger partial charge is 0.419 e. The van der Waals surface area contributed by atoms with Crippen molar-refractivity contribution in [3.8, 4) is 11.5 Å². The lowest BCUT2D eigenvalue weighted by Crippen LogP contribution is -2.43. The first-order chi connectivity index (χ1) is 10.3. The highest BCUT2D eigenvalue weighted by atomic mass is 16.4.